The lowest BCUT2D eigenvalue weighted by atomic mass is 9.37. The number of aliphatic hydroxyl groups excluding tert-OH is 1. The molecule has 44 heavy (non-hydrogen) atoms. The van der Waals surface area contributed by atoms with Crippen LogP contribution >= 0.6 is 0 Å². The summed E-state index contributed by atoms with van der Waals surface area (Å²) in [5, 5.41) is 32.4. The van der Waals surface area contributed by atoms with Crippen molar-refractivity contribution in [2.24, 2.45) is 34.0 Å². The number of rotatable bonds is 12. The summed E-state index contributed by atoms with van der Waals surface area (Å²) < 4.78 is 0. The standard InChI is InChI=1S/C38H52O6/c1-22(2)11-13-27(25(7)8)20-37-21-28(15-12-23(3)4)36(9,10)38(35(37)44,18-17-24(5)6)34(43)31(33(37)42)32(41)26-14-16-29(39)30(40)19-26/h12,14,16-17,19,27-28,31,33,39-40,42H,1,7,11,13,15,18,20-21H2,2-6,8-10H3. The predicted molar refractivity (Wildman–Crippen MR) is 175 cm³/mol. The lowest BCUT2D eigenvalue weighted by molar-refractivity contribution is -0.198. The molecule has 0 heterocycles. The fourth-order valence-corrected chi connectivity index (χ4v) is 7.63. The smallest absolute Gasteiger partial charge is 0.176 e. The normalized spacial score (nSPS) is 28.2. The number of fused-ring (bicyclic) bond motifs is 2. The quantitative estimate of drug-likeness (QED) is 0.0962. The molecule has 2 aliphatic carbocycles. The molecule has 0 saturated heterocycles. The molecule has 2 aliphatic rings. The van der Waals surface area contributed by atoms with Crippen molar-refractivity contribution >= 4 is 17.3 Å². The van der Waals surface area contributed by atoms with Gasteiger partial charge in [-0.2, -0.15) is 0 Å². The Morgan fingerprint density at radius 3 is 2.14 bits per heavy atom. The van der Waals surface area contributed by atoms with Gasteiger partial charge in [-0.15, -0.1) is 6.58 Å². The first-order valence-corrected chi connectivity index (χ1v) is 15.7. The molecule has 6 atom stereocenters. The third-order valence-electron chi connectivity index (χ3n) is 10.6. The third-order valence-corrected chi connectivity index (χ3v) is 10.6. The van der Waals surface area contributed by atoms with Gasteiger partial charge in [-0.3, -0.25) is 14.4 Å². The molecule has 0 radical (unpaired) electrons. The summed E-state index contributed by atoms with van der Waals surface area (Å²) in [6.45, 7) is 24.0. The number of Topliss-reactive ketones (excluding diaryl/α,β-unsaturated/α-hetero) is 3. The summed E-state index contributed by atoms with van der Waals surface area (Å²) >= 11 is 0. The van der Waals surface area contributed by atoms with E-state index in [4.69, 9.17) is 0 Å². The van der Waals surface area contributed by atoms with E-state index in [0.717, 1.165) is 34.8 Å². The van der Waals surface area contributed by atoms with Gasteiger partial charge in [0, 0.05) is 5.56 Å². The van der Waals surface area contributed by atoms with Crippen molar-refractivity contribution in [3.63, 3.8) is 0 Å². The number of aromatic hydroxyl groups is 2. The lowest BCUT2D eigenvalue weighted by Crippen LogP contribution is -2.73. The van der Waals surface area contributed by atoms with Gasteiger partial charge in [0.2, 0.25) is 0 Å². The number of phenolic OH excluding ortho intramolecular Hbond substituents is 2. The van der Waals surface area contributed by atoms with E-state index < -0.39 is 51.3 Å². The van der Waals surface area contributed by atoms with Crippen LogP contribution in [-0.4, -0.2) is 38.8 Å². The SMILES string of the molecule is C=C(C)CCC(CC12CC(CC=C(C)C)C(C)(C)C(CC=C(C)C)(C(=O)C(C(=O)c3ccc(O)c(O)c3)C1O)C2=O)C(=C)C. The van der Waals surface area contributed by atoms with Crippen LogP contribution in [0.3, 0.4) is 0 Å². The Kier molecular flexibility index (Phi) is 10.4. The average Bonchev–Trinajstić information content (AvgIpc) is 2.91. The van der Waals surface area contributed by atoms with E-state index >= 15 is 4.79 Å². The molecule has 2 saturated carbocycles. The summed E-state index contributed by atoms with van der Waals surface area (Å²) in [5.74, 6) is -4.19. The Bertz CT molecular complexity index is 1400. The average molecular weight is 605 g/mol. The van der Waals surface area contributed by atoms with Crippen LogP contribution < -0.4 is 0 Å². The zero-order chi connectivity index (χ0) is 33.4. The minimum absolute atomic E-state index is 0.00438. The van der Waals surface area contributed by atoms with Gasteiger partial charge in [-0.25, -0.2) is 0 Å². The van der Waals surface area contributed by atoms with Crippen molar-refractivity contribution in [3.8, 4) is 11.5 Å². The predicted octanol–water partition coefficient (Wildman–Crippen LogP) is 8.08. The number of aliphatic hydroxyl groups is 1. The second-order valence-electron chi connectivity index (χ2n) is 14.6. The van der Waals surface area contributed by atoms with Crippen LogP contribution in [0.25, 0.3) is 0 Å². The monoisotopic (exact) mass is 604 g/mol. The van der Waals surface area contributed by atoms with Gasteiger partial charge >= 0.3 is 0 Å². The molecule has 3 N–H and O–H groups in total. The first kappa shape index (κ1) is 35.2. The minimum Gasteiger partial charge on any atom is -0.504 e. The van der Waals surface area contributed by atoms with Crippen LogP contribution in [0.15, 0.2) is 65.8 Å². The highest BCUT2D eigenvalue weighted by atomic mass is 16.3. The van der Waals surface area contributed by atoms with Crippen LogP contribution in [0.1, 0.15) is 104 Å². The van der Waals surface area contributed by atoms with Crippen LogP contribution in [0.2, 0.25) is 0 Å². The molecular formula is C38H52O6. The Hall–Kier alpha value is -3.25. The van der Waals surface area contributed by atoms with Gasteiger partial charge in [0.25, 0.3) is 0 Å². The molecule has 0 spiro atoms. The first-order chi connectivity index (χ1) is 20.3. The number of ketones is 3. The van der Waals surface area contributed by atoms with Crippen molar-refractivity contribution in [3.05, 3.63) is 71.4 Å². The molecule has 0 amide bonds. The van der Waals surface area contributed by atoms with Crippen molar-refractivity contribution in [2.45, 2.75) is 100 Å². The topological polar surface area (TPSA) is 112 Å². The van der Waals surface area contributed by atoms with Gasteiger partial charge in [0.05, 0.1) is 16.9 Å². The van der Waals surface area contributed by atoms with E-state index in [1.54, 1.807) is 0 Å². The fourth-order valence-electron chi connectivity index (χ4n) is 7.63. The van der Waals surface area contributed by atoms with Crippen LogP contribution in [0.5, 0.6) is 11.5 Å². The Balaban J connectivity index is 2.37. The number of hydrogen-bond acceptors (Lipinski definition) is 6. The molecule has 2 bridgehead atoms. The minimum atomic E-state index is -1.57. The molecular weight excluding hydrogens is 552 g/mol. The van der Waals surface area contributed by atoms with E-state index in [0.29, 0.717) is 19.3 Å². The summed E-state index contributed by atoms with van der Waals surface area (Å²) in [6.07, 6.45) is 5.26. The molecule has 1 aromatic rings. The summed E-state index contributed by atoms with van der Waals surface area (Å²) in [7, 11) is 0. The Labute approximate surface area is 263 Å². The van der Waals surface area contributed by atoms with Crippen molar-refractivity contribution in [1.82, 2.24) is 0 Å². The Morgan fingerprint density at radius 1 is 1.00 bits per heavy atom. The third kappa shape index (κ3) is 6.15. The second-order valence-corrected chi connectivity index (χ2v) is 14.6. The largest absolute Gasteiger partial charge is 0.504 e. The van der Waals surface area contributed by atoms with Gasteiger partial charge < -0.3 is 15.3 Å². The van der Waals surface area contributed by atoms with E-state index in [-0.39, 0.29) is 36.0 Å². The highest BCUT2D eigenvalue weighted by Gasteiger charge is 2.75. The van der Waals surface area contributed by atoms with Crippen molar-refractivity contribution in [1.29, 1.82) is 0 Å². The number of carbonyl (C=O) groups is 3. The number of carbonyl (C=O) groups excluding carboxylic acids is 3. The van der Waals surface area contributed by atoms with Crippen LogP contribution in [0.4, 0.5) is 0 Å². The molecule has 2 fully saturated rings. The zero-order valence-electron chi connectivity index (χ0n) is 27.9. The second kappa shape index (κ2) is 13.0. The first-order valence-electron chi connectivity index (χ1n) is 15.7. The van der Waals surface area contributed by atoms with Crippen molar-refractivity contribution < 1.29 is 29.7 Å². The van der Waals surface area contributed by atoms with Crippen LogP contribution in [-0.2, 0) is 9.59 Å². The maximum atomic E-state index is 15.2. The zero-order valence-corrected chi connectivity index (χ0v) is 27.9. The summed E-state index contributed by atoms with van der Waals surface area (Å²) in [6, 6.07) is 3.65. The van der Waals surface area contributed by atoms with Crippen LogP contribution in [0, 0.1) is 34.0 Å². The lowest BCUT2D eigenvalue weighted by Gasteiger charge is -2.64. The molecule has 1 aromatic carbocycles. The summed E-state index contributed by atoms with van der Waals surface area (Å²) in [5.41, 5.74) is 0.180. The molecule has 3 rings (SSSR count). The Morgan fingerprint density at radius 2 is 1.61 bits per heavy atom. The molecule has 0 aromatic heterocycles. The van der Waals surface area contributed by atoms with E-state index in [1.165, 1.54) is 12.1 Å². The maximum absolute atomic E-state index is 15.2. The molecule has 6 nitrogen and oxygen atoms in total. The number of phenols is 2. The number of benzene rings is 1. The fraction of sp³-hybridized carbons (Fsp3) is 0.553. The van der Waals surface area contributed by atoms with E-state index in [2.05, 4.69) is 19.2 Å². The van der Waals surface area contributed by atoms with E-state index in [1.807, 2.05) is 61.5 Å². The summed E-state index contributed by atoms with van der Waals surface area (Å²) in [4.78, 5) is 44.4. The molecule has 240 valence electrons. The molecule has 0 aliphatic heterocycles. The van der Waals surface area contributed by atoms with E-state index in [9.17, 15) is 24.9 Å². The van der Waals surface area contributed by atoms with Gasteiger partial charge in [-0.05, 0) is 116 Å². The van der Waals surface area contributed by atoms with Gasteiger partial charge in [-0.1, -0.05) is 54.9 Å². The maximum Gasteiger partial charge on any atom is 0.176 e. The van der Waals surface area contributed by atoms with Gasteiger partial charge in [0.1, 0.15) is 5.92 Å². The number of hydrogen-bond donors (Lipinski definition) is 3. The van der Waals surface area contributed by atoms with Crippen molar-refractivity contribution in [2.75, 3.05) is 0 Å². The van der Waals surface area contributed by atoms with Gasteiger partial charge in [0.15, 0.2) is 28.8 Å². The molecule has 6 heteroatoms. The highest BCUT2D eigenvalue weighted by Crippen LogP contribution is 2.67. The highest BCUT2D eigenvalue weighted by molar-refractivity contribution is 6.23. The molecule has 6 unspecified atom stereocenters. The number of allylic oxidation sites excluding steroid dienone is 6.